The number of aromatic nitrogens is 3. The maximum absolute atomic E-state index is 13.5. The molecule has 0 aliphatic rings. The van der Waals surface area contributed by atoms with Crippen LogP contribution in [0.5, 0.6) is 5.75 Å². The van der Waals surface area contributed by atoms with Crippen molar-refractivity contribution in [1.82, 2.24) is 14.1 Å². The van der Waals surface area contributed by atoms with E-state index in [0.29, 0.717) is 22.1 Å². The lowest BCUT2D eigenvalue weighted by Gasteiger charge is -2.18. The van der Waals surface area contributed by atoms with Crippen molar-refractivity contribution in [3.05, 3.63) is 49.9 Å². The van der Waals surface area contributed by atoms with Crippen LogP contribution < -0.4 is 16.0 Å². The van der Waals surface area contributed by atoms with E-state index in [1.54, 1.807) is 0 Å². The molecule has 2 aromatic heterocycles. The maximum atomic E-state index is 13.5. The fraction of sp³-hybridized carbons (Fsp3) is 0.400. The van der Waals surface area contributed by atoms with Crippen LogP contribution in [0.1, 0.15) is 23.9 Å². The Labute approximate surface area is 143 Å². The lowest BCUT2D eigenvalue weighted by atomic mass is 10.2. The van der Waals surface area contributed by atoms with E-state index in [4.69, 9.17) is 0 Å². The summed E-state index contributed by atoms with van der Waals surface area (Å²) in [4.78, 5) is 28.4. The second-order valence-electron chi connectivity index (χ2n) is 5.69. The molecule has 0 unspecified atom stereocenters. The summed E-state index contributed by atoms with van der Waals surface area (Å²) in [5, 5.41) is 0. The summed E-state index contributed by atoms with van der Waals surface area (Å²) in [7, 11) is 1.05. The van der Waals surface area contributed by atoms with Gasteiger partial charge < -0.3 is 4.74 Å². The molecule has 0 amide bonds. The Morgan fingerprint density at radius 1 is 1.08 bits per heavy atom. The van der Waals surface area contributed by atoms with Crippen LogP contribution in [0, 0.1) is 13.8 Å². The van der Waals surface area contributed by atoms with Crippen LogP contribution >= 0.6 is 0 Å². The third-order valence-electron chi connectivity index (χ3n) is 3.54. The Morgan fingerprint density at radius 2 is 1.65 bits per heavy atom. The average Bonchev–Trinajstić information content (AvgIpc) is 2.45. The average molecular weight is 379 g/mol. The lowest BCUT2D eigenvalue weighted by molar-refractivity contribution is -0.275. The molecule has 0 saturated heterocycles. The molecule has 2 aromatic rings. The van der Waals surface area contributed by atoms with E-state index in [-0.39, 0.29) is 17.1 Å². The molecule has 0 atom stereocenters. The molecule has 26 heavy (non-hydrogen) atoms. The molecule has 0 radical (unpaired) electrons. The molecule has 2 heterocycles. The highest BCUT2D eigenvalue weighted by Gasteiger charge is 2.33. The van der Waals surface area contributed by atoms with Gasteiger partial charge in [-0.05, 0) is 25.5 Å². The van der Waals surface area contributed by atoms with E-state index < -0.39 is 35.0 Å². The summed E-state index contributed by atoms with van der Waals surface area (Å²) < 4.78 is 69.1. The lowest BCUT2D eigenvalue weighted by Crippen LogP contribution is -2.41. The third kappa shape index (κ3) is 3.75. The fourth-order valence-corrected chi connectivity index (χ4v) is 2.36. The second kappa shape index (κ2) is 6.22. The zero-order valence-electron chi connectivity index (χ0n) is 14.1. The highest BCUT2D eigenvalue weighted by Crippen LogP contribution is 2.28. The van der Waals surface area contributed by atoms with E-state index in [1.807, 2.05) is 0 Å². The molecule has 0 fully saturated rings. The number of aryl methyl sites for hydroxylation is 2. The summed E-state index contributed by atoms with van der Waals surface area (Å²) in [5.41, 5.74) is -3.19. The largest absolute Gasteiger partial charge is 0.573 e. The van der Waals surface area contributed by atoms with Gasteiger partial charge in [0.25, 0.3) is 11.5 Å². The number of alkyl halides is 5. The predicted octanol–water partition coefficient (Wildman–Crippen LogP) is 2.56. The molecular weight excluding hydrogens is 365 g/mol. The zero-order valence-corrected chi connectivity index (χ0v) is 14.1. The molecule has 0 aliphatic carbocycles. The molecule has 142 valence electrons. The molecule has 0 N–H and O–H groups in total. The van der Waals surface area contributed by atoms with Gasteiger partial charge in [-0.1, -0.05) is 0 Å². The molecule has 11 heteroatoms. The Hall–Kier alpha value is -2.72. The molecule has 2 rings (SSSR count). The number of halogens is 5. The van der Waals surface area contributed by atoms with Crippen molar-refractivity contribution in [3.63, 3.8) is 0 Å². The van der Waals surface area contributed by atoms with Gasteiger partial charge in [0, 0.05) is 20.0 Å². The van der Waals surface area contributed by atoms with Crippen molar-refractivity contribution < 1.29 is 26.7 Å². The van der Waals surface area contributed by atoms with E-state index in [0.717, 1.165) is 13.1 Å². The number of pyridine rings is 1. The topological polar surface area (TPSA) is 66.1 Å². The van der Waals surface area contributed by atoms with Crippen molar-refractivity contribution in [3.8, 4) is 11.6 Å². The first-order valence-corrected chi connectivity index (χ1v) is 7.18. The number of hydrogen-bond donors (Lipinski definition) is 0. The molecule has 0 bridgehead atoms. The summed E-state index contributed by atoms with van der Waals surface area (Å²) >= 11 is 0. The van der Waals surface area contributed by atoms with Crippen LogP contribution in [0.15, 0.2) is 21.7 Å². The summed E-state index contributed by atoms with van der Waals surface area (Å²) in [6, 6.07) is 1.54. The van der Waals surface area contributed by atoms with Crippen molar-refractivity contribution in [2.75, 3.05) is 0 Å². The molecule has 0 aromatic carbocycles. The van der Waals surface area contributed by atoms with Gasteiger partial charge >= 0.3 is 12.1 Å². The maximum Gasteiger partial charge on any atom is 0.573 e. The van der Waals surface area contributed by atoms with Crippen LogP contribution in [0.4, 0.5) is 22.0 Å². The molecular formula is C15H14F5N3O3. The minimum atomic E-state index is -4.94. The Balaban J connectivity index is 2.71. The SMILES string of the molecule is Cc1cc(OC(F)(F)F)c(C)nc1-n1c(=O)cc(C(C)(F)F)n(C)c1=O. The van der Waals surface area contributed by atoms with Gasteiger partial charge in [-0.15, -0.1) is 13.2 Å². The standard InChI is InChI=1S/C15H14F5N3O3/c1-7-5-9(26-15(18,19)20)8(2)21-12(7)23-11(24)6-10(14(3,16)17)22(4)13(23)25/h5-6H,1-4H3. The number of hydrogen-bond acceptors (Lipinski definition) is 4. The normalized spacial score (nSPS) is 12.3. The van der Waals surface area contributed by atoms with Crippen LogP contribution in [0.3, 0.4) is 0 Å². The van der Waals surface area contributed by atoms with Gasteiger partial charge in [0.05, 0.1) is 11.4 Å². The molecule has 6 nitrogen and oxygen atoms in total. The first kappa shape index (κ1) is 19.6. The zero-order chi connectivity index (χ0) is 20.0. The predicted molar refractivity (Wildman–Crippen MR) is 80.8 cm³/mol. The van der Waals surface area contributed by atoms with E-state index in [2.05, 4.69) is 9.72 Å². The van der Waals surface area contributed by atoms with Crippen LogP contribution in [0.25, 0.3) is 5.82 Å². The van der Waals surface area contributed by atoms with E-state index in [1.165, 1.54) is 13.8 Å². The van der Waals surface area contributed by atoms with E-state index >= 15 is 0 Å². The summed E-state index contributed by atoms with van der Waals surface area (Å²) in [6.45, 7) is 3.02. The van der Waals surface area contributed by atoms with Gasteiger partial charge in [-0.25, -0.2) is 23.1 Å². The highest BCUT2D eigenvalue weighted by molar-refractivity contribution is 5.42. The van der Waals surface area contributed by atoms with Crippen LogP contribution in [0.2, 0.25) is 0 Å². The van der Waals surface area contributed by atoms with Crippen molar-refractivity contribution in [2.24, 2.45) is 7.05 Å². The molecule has 0 spiro atoms. The molecule has 0 aliphatic heterocycles. The second-order valence-corrected chi connectivity index (χ2v) is 5.69. The van der Waals surface area contributed by atoms with Gasteiger partial charge in [-0.2, -0.15) is 0 Å². The first-order chi connectivity index (χ1) is 11.7. The van der Waals surface area contributed by atoms with Crippen molar-refractivity contribution in [1.29, 1.82) is 0 Å². The van der Waals surface area contributed by atoms with Crippen LogP contribution in [-0.4, -0.2) is 20.5 Å². The Morgan fingerprint density at radius 3 is 2.15 bits per heavy atom. The van der Waals surface area contributed by atoms with Crippen molar-refractivity contribution in [2.45, 2.75) is 33.1 Å². The van der Waals surface area contributed by atoms with Crippen LogP contribution in [-0.2, 0) is 13.0 Å². The highest BCUT2D eigenvalue weighted by atomic mass is 19.4. The van der Waals surface area contributed by atoms with Gasteiger partial charge in [0.2, 0.25) is 0 Å². The Bertz CT molecular complexity index is 971. The quantitative estimate of drug-likeness (QED) is 0.769. The first-order valence-electron chi connectivity index (χ1n) is 7.18. The summed E-state index contributed by atoms with van der Waals surface area (Å²) in [6.07, 6.45) is -4.94. The fourth-order valence-electron chi connectivity index (χ4n) is 2.36. The minimum absolute atomic E-state index is 0.0186. The smallest absolute Gasteiger partial charge is 0.404 e. The molecule has 0 saturated carbocycles. The van der Waals surface area contributed by atoms with Crippen molar-refractivity contribution >= 4 is 0 Å². The monoisotopic (exact) mass is 379 g/mol. The minimum Gasteiger partial charge on any atom is -0.404 e. The van der Waals surface area contributed by atoms with Gasteiger partial charge in [0.15, 0.2) is 5.75 Å². The number of nitrogens with zero attached hydrogens (tertiary/aromatic N) is 3. The van der Waals surface area contributed by atoms with Gasteiger partial charge in [0.1, 0.15) is 5.82 Å². The van der Waals surface area contributed by atoms with E-state index in [9.17, 15) is 31.5 Å². The Kier molecular flexibility index (Phi) is 4.69. The summed E-state index contributed by atoms with van der Waals surface area (Å²) in [5.74, 6) is -4.30. The third-order valence-corrected chi connectivity index (χ3v) is 3.54. The number of rotatable bonds is 3. The number of ether oxygens (including phenoxy) is 1. The van der Waals surface area contributed by atoms with Gasteiger partial charge in [-0.3, -0.25) is 9.36 Å².